The number of phenols is 1. The fourth-order valence-corrected chi connectivity index (χ4v) is 3.69. The van der Waals surface area contributed by atoms with Crippen molar-refractivity contribution in [3.05, 3.63) is 29.8 Å². The van der Waals surface area contributed by atoms with Crippen molar-refractivity contribution in [2.45, 2.75) is 81.2 Å². The van der Waals surface area contributed by atoms with Gasteiger partial charge >= 0.3 is 0 Å². The quantitative estimate of drug-likeness (QED) is 0.217. The third-order valence-corrected chi connectivity index (χ3v) is 5.73. The van der Waals surface area contributed by atoms with E-state index in [9.17, 15) is 30.6 Å². The predicted molar refractivity (Wildman–Crippen MR) is 107 cm³/mol. The van der Waals surface area contributed by atoms with E-state index < -0.39 is 61.9 Å². The van der Waals surface area contributed by atoms with Gasteiger partial charge in [0.15, 0.2) is 12.6 Å². The number of rotatable bonds is 9. The second kappa shape index (κ2) is 11.2. The van der Waals surface area contributed by atoms with Crippen molar-refractivity contribution in [3.8, 4) is 5.75 Å². The molecule has 1 aromatic carbocycles. The molecule has 0 bridgehead atoms. The summed E-state index contributed by atoms with van der Waals surface area (Å²) in [6.07, 6.45) is -11.0. The fraction of sp³-hybridized carbons (Fsp3) is 0.714. The summed E-state index contributed by atoms with van der Waals surface area (Å²) in [6, 6.07) is 6.76. The number of aliphatic hydroxyl groups excluding tert-OH is 6. The molecule has 2 aliphatic rings. The smallest absolute Gasteiger partial charge is 0.186 e. The molecule has 182 valence electrons. The second-order valence-electron chi connectivity index (χ2n) is 8.21. The monoisotopic (exact) mass is 460 g/mol. The first-order chi connectivity index (χ1) is 15.2. The largest absolute Gasteiger partial charge is 0.508 e. The van der Waals surface area contributed by atoms with Gasteiger partial charge in [0.1, 0.15) is 48.5 Å². The summed E-state index contributed by atoms with van der Waals surface area (Å²) in [5.74, 6) is 0.175. The molecule has 32 heavy (non-hydrogen) atoms. The Morgan fingerprint density at radius 3 is 2.06 bits per heavy atom. The lowest BCUT2D eigenvalue weighted by Gasteiger charge is -2.41. The third-order valence-electron chi connectivity index (χ3n) is 5.73. The summed E-state index contributed by atoms with van der Waals surface area (Å²) in [7, 11) is 0. The van der Waals surface area contributed by atoms with Crippen molar-refractivity contribution in [1.29, 1.82) is 0 Å². The number of aliphatic hydroxyl groups is 6. The lowest BCUT2D eigenvalue weighted by molar-refractivity contribution is -0.318. The van der Waals surface area contributed by atoms with Gasteiger partial charge in [-0.05, 0) is 37.5 Å². The molecular formula is C21H32O11. The van der Waals surface area contributed by atoms with E-state index in [-0.39, 0.29) is 18.5 Å². The molecule has 3 rings (SSSR count). The molecule has 2 saturated heterocycles. The Bertz CT molecular complexity index is 701. The maximum atomic E-state index is 10.3. The van der Waals surface area contributed by atoms with Crippen molar-refractivity contribution < 1.29 is 54.7 Å². The molecule has 0 aromatic heterocycles. The molecule has 0 aliphatic carbocycles. The minimum Gasteiger partial charge on any atom is -0.508 e. The summed E-state index contributed by atoms with van der Waals surface area (Å²) in [5.41, 5.74) is 0.989. The lowest BCUT2D eigenvalue weighted by Crippen LogP contribution is -2.60. The van der Waals surface area contributed by atoms with Gasteiger partial charge < -0.3 is 54.7 Å². The molecule has 2 aliphatic heterocycles. The SMILES string of the molecule is C[C@@H](CCc1ccc(O)cc1)O[C@@H]1O[C@H](CO[C@@H]2O[C@H](CO)[C@H](O)[C@H]2O)[C@@H](O)[C@H](O)[C@H]1O. The van der Waals surface area contributed by atoms with E-state index >= 15 is 0 Å². The Hall–Kier alpha value is -1.38. The Balaban J connectivity index is 1.52. The van der Waals surface area contributed by atoms with Gasteiger partial charge in [-0.15, -0.1) is 0 Å². The second-order valence-corrected chi connectivity index (χ2v) is 8.21. The Kier molecular flexibility index (Phi) is 8.81. The third kappa shape index (κ3) is 5.94. The molecule has 7 N–H and O–H groups in total. The van der Waals surface area contributed by atoms with Crippen molar-refractivity contribution in [3.63, 3.8) is 0 Å². The van der Waals surface area contributed by atoms with E-state index in [0.717, 1.165) is 5.56 Å². The van der Waals surface area contributed by atoms with Crippen LogP contribution in [0.5, 0.6) is 5.75 Å². The number of hydrogen-bond donors (Lipinski definition) is 7. The zero-order valence-electron chi connectivity index (χ0n) is 17.7. The summed E-state index contributed by atoms with van der Waals surface area (Å²) >= 11 is 0. The fourth-order valence-electron chi connectivity index (χ4n) is 3.69. The van der Waals surface area contributed by atoms with Crippen LogP contribution in [-0.2, 0) is 25.4 Å². The summed E-state index contributed by atoms with van der Waals surface area (Å²) in [4.78, 5) is 0. The highest BCUT2D eigenvalue weighted by Gasteiger charge is 2.47. The van der Waals surface area contributed by atoms with Crippen LogP contribution in [0, 0.1) is 0 Å². The van der Waals surface area contributed by atoms with Gasteiger partial charge in [-0.25, -0.2) is 0 Å². The number of phenolic OH excluding ortho intramolecular Hbond substituents is 1. The Morgan fingerprint density at radius 2 is 1.44 bits per heavy atom. The van der Waals surface area contributed by atoms with Crippen LogP contribution in [0.2, 0.25) is 0 Å². The van der Waals surface area contributed by atoms with Gasteiger partial charge in [0.2, 0.25) is 0 Å². The number of ether oxygens (including phenoxy) is 4. The van der Waals surface area contributed by atoms with Crippen LogP contribution in [0.25, 0.3) is 0 Å². The van der Waals surface area contributed by atoms with Crippen LogP contribution < -0.4 is 0 Å². The van der Waals surface area contributed by atoms with Crippen molar-refractivity contribution >= 4 is 0 Å². The van der Waals surface area contributed by atoms with E-state index in [0.29, 0.717) is 12.8 Å². The molecule has 0 spiro atoms. The first kappa shape index (κ1) is 25.2. The van der Waals surface area contributed by atoms with Crippen LogP contribution in [-0.4, -0.2) is 110 Å². The van der Waals surface area contributed by atoms with Crippen molar-refractivity contribution in [2.24, 2.45) is 0 Å². The van der Waals surface area contributed by atoms with Crippen LogP contribution in [0.4, 0.5) is 0 Å². The molecule has 0 saturated carbocycles. The van der Waals surface area contributed by atoms with E-state index in [1.54, 1.807) is 31.2 Å². The zero-order chi connectivity index (χ0) is 23.4. The molecule has 1 aromatic rings. The highest BCUT2D eigenvalue weighted by Crippen LogP contribution is 2.27. The minimum atomic E-state index is -1.56. The van der Waals surface area contributed by atoms with E-state index in [4.69, 9.17) is 24.1 Å². The number of aryl methyl sites for hydroxylation is 1. The van der Waals surface area contributed by atoms with Crippen LogP contribution in [0.15, 0.2) is 24.3 Å². The molecule has 2 fully saturated rings. The molecule has 0 unspecified atom stereocenters. The maximum absolute atomic E-state index is 10.3. The Morgan fingerprint density at radius 1 is 0.844 bits per heavy atom. The standard InChI is InChI=1S/C21H32O11/c1-10(2-3-11-4-6-12(23)7-5-11)30-21-19(28)17(26)16(25)14(32-21)9-29-20-18(27)15(24)13(8-22)31-20/h4-7,10,13-28H,2-3,8-9H2,1H3/t10-,13+,14+,15-,16+,17-,18+,19+,20+,21+/m0/s1. The number of hydrogen-bond acceptors (Lipinski definition) is 11. The maximum Gasteiger partial charge on any atom is 0.186 e. The average Bonchev–Trinajstić information content (AvgIpc) is 3.06. The number of benzene rings is 1. The van der Waals surface area contributed by atoms with E-state index in [1.807, 2.05) is 0 Å². The van der Waals surface area contributed by atoms with E-state index in [1.165, 1.54) is 0 Å². The molecule has 11 heteroatoms. The topological polar surface area (TPSA) is 179 Å². The van der Waals surface area contributed by atoms with Gasteiger partial charge in [0, 0.05) is 0 Å². The summed E-state index contributed by atoms with van der Waals surface area (Å²) in [6.45, 7) is 0.932. The molecule has 10 atom stereocenters. The molecular weight excluding hydrogens is 428 g/mol. The van der Waals surface area contributed by atoms with Crippen LogP contribution in [0.1, 0.15) is 18.9 Å². The lowest BCUT2D eigenvalue weighted by atomic mass is 9.99. The number of aromatic hydroxyl groups is 1. The first-order valence-electron chi connectivity index (χ1n) is 10.6. The summed E-state index contributed by atoms with van der Waals surface area (Å²) in [5, 5.41) is 68.9. The van der Waals surface area contributed by atoms with Crippen molar-refractivity contribution in [2.75, 3.05) is 13.2 Å². The first-order valence-corrected chi connectivity index (χ1v) is 10.6. The molecule has 0 amide bonds. The molecule has 2 heterocycles. The predicted octanol–water partition coefficient (Wildman–Crippen LogP) is -2.01. The van der Waals surface area contributed by atoms with E-state index in [2.05, 4.69) is 0 Å². The normalized spacial score (nSPS) is 38.7. The van der Waals surface area contributed by atoms with Gasteiger partial charge in [0.05, 0.1) is 19.3 Å². The van der Waals surface area contributed by atoms with Gasteiger partial charge in [-0.3, -0.25) is 0 Å². The van der Waals surface area contributed by atoms with Gasteiger partial charge in [-0.1, -0.05) is 12.1 Å². The van der Waals surface area contributed by atoms with Gasteiger partial charge in [-0.2, -0.15) is 0 Å². The molecule has 11 nitrogen and oxygen atoms in total. The molecule has 0 radical (unpaired) electrons. The average molecular weight is 460 g/mol. The Labute approximate surface area is 185 Å². The highest BCUT2D eigenvalue weighted by atomic mass is 16.7. The van der Waals surface area contributed by atoms with Crippen molar-refractivity contribution in [1.82, 2.24) is 0 Å². The van der Waals surface area contributed by atoms with Crippen LogP contribution >= 0.6 is 0 Å². The zero-order valence-corrected chi connectivity index (χ0v) is 17.7. The summed E-state index contributed by atoms with van der Waals surface area (Å²) < 4.78 is 21.9. The minimum absolute atomic E-state index is 0.175. The van der Waals surface area contributed by atoms with Crippen LogP contribution in [0.3, 0.4) is 0 Å². The highest BCUT2D eigenvalue weighted by molar-refractivity contribution is 5.25. The van der Waals surface area contributed by atoms with Gasteiger partial charge in [0.25, 0.3) is 0 Å².